The molecule has 0 aliphatic carbocycles. The van der Waals surface area contributed by atoms with Gasteiger partial charge in [-0.25, -0.2) is 4.79 Å². The minimum Gasteiger partial charge on any atom is -0.488 e. The first-order valence-electron chi connectivity index (χ1n) is 5.75. The molecular formula is C13H16O4. The van der Waals surface area contributed by atoms with Gasteiger partial charge in [-0.2, -0.15) is 0 Å². The lowest BCUT2D eigenvalue weighted by Gasteiger charge is -2.24. The van der Waals surface area contributed by atoms with E-state index in [1.807, 2.05) is 6.92 Å². The summed E-state index contributed by atoms with van der Waals surface area (Å²) in [6.45, 7) is 3.27. The molecule has 2 rings (SSSR count). The number of aromatic carboxylic acids is 1. The lowest BCUT2D eigenvalue weighted by atomic mass is 10.1. The third-order valence-electron chi connectivity index (χ3n) is 2.83. The fraction of sp³-hybridized carbons (Fsp3) is 0.462. The molecule has 0 amide bonds. The largest absolute Gasteiger partial charge is 0.488 e. The van der Waals surface area contributed by atoms with Crippen LogP contribution in [0.2, 0.25) is 0 Å². The van der Waals surface area contributed by atoms with Gasteiger partial charge in [0, 0.05) is 6.61 Å². The van der Waals surface area contributed by atoms with Crippen LogP contribution < -0.4 is 4.74 Å². The molecule has 0 spiro atoms. The van der Waals surface area contributed by atoms with E-state index < -0.39 is 5.97 Å². The summed E-state index contributed by atoms with van der Waals surface area (Å²) < 4.78 is 11.1. The molecule has 1 unspecified atom stereocenters. The van der Waals surface area contributed by atoms with Gasteiger partial charge in [-0.15, -0.1) is 0 Å². The van der Waals surface area contributed by atoms with Crippen LogP contribution in [-0.4, -0.2) is 30.4 Å². The second-order valence-corrected chi connectivity index (χ2v) is 4.24. The van der Waals surface area contributed by atoms with Gasteiger partial charge in [-0.1, -0.05) is 0 Å². The molecule has 0 saturated carbocycles. The summed E-state index contributed by atoms with van der Waals surface area (Å²) in [7, 11) is 0. The SMILES string of the molecule is Cc1cc(C(=O)O)ccc1OC1CCCOC1. The van der Waals surface area contributed by atoms with Crippen LogP contribution >= 0.6 is 0 Å². The van der Waals surface area contributed by atoms with Crippen molar-refractivity contribution in [2.45, 2.75) is 25.9 Å². The Labute approximate surface area is 100 Å². The minimum atomic E-state index is -0.916. The molecular weight excluding hydrogens is 220 g/mol. The summed E-state index contributed by atoms with van der Waals surface area (Å²) in [5.41, 5.74) is 1.13. The molecule has 0 radical (unpaired) electrons. The van der Waals surface area contributed by atoms with E-state index in [4.69, 9.17) is 14.6 Å². The summed E-state index contributed by atoms with van der Waals surface area (Å²) in [5, 5.41) is 8.86. The Morgan fingerprint density at radius 3 is 2.94 bits per heavy atom. The van der Waals surface area contributed by atoms with Gasteiger partial charge in [0.1, 0.15) is 11.9 Å². The topological polar surface area (TPSA) is 55.8 Å². The molecule has 1 saturated heterocycles. The van der Waals surface area contributed by atoms with E-state index in [1.54, 1.807) is 18.2 Å². The van der Waals surface area contributed by atoms with E-state index in [9.17, 15) is 4.79 Å². The lowest BCUT2D eigenvalue weighted by molar-refractivity contribution is 0.00714. The number of carboxylic acids is 1. The lowest BCUT2D eigenvalue weighted by Crippen LogP contribution is -2.28. The van der Waals surface area contributed by atoms with E-state index in [2.05, 4.69) is 0 Å². The summed E-state index contributed by atoms with van der Waals surface area (Å²) in [6, 6.07) is 4.91. The minimum absolute atomic E-state index is 0.0816. The number of carboxylic acid groups (broad SMARTS) is 1. The Morgan fingerprint density at radius 2 is 2.35 bits per heavy atom. The van der Waals surface area contributed by atoms with Gasteiger partial charge in [0.25, 0.3) is 0 Å². The van der Waals surface area contributed by atoms with Crippen LogP contribution in [0.1, 0.15) is 28.8 Å². The molecule has 17 heavy (non-hydrogen) atoms. The van der Waals surface area contributed by atoms with E-state index in [1.165, 1.54) is 0 Å². The average Bonchev–Trinajstić information content (AvgIpc) is 2.33. The fourth-order valence-electron chi connectivity index (χ4n) is 1.90. The molecule has 0 bridgehead atoms. The molecule has 1 aliphatic heterocycles. The van der Waals surface area contributed by atoms with Gasteiger partial charge in [0.15, 0.2) is 0 Å². The first-order chi connectivity index (χ1) is 8.16. The standard InChI is InChI=1S/C13H16O4/c1-9-7-10(13(14)15)4-5-12(9)17-11-3-2-6-16-8-11/h4-5,7,11H,2-3,6,8H2,1H3,(H,14,15). The number of aryl methyl sites for hydroxylation is 1. The number of rotatable bonds is 3. The molecule has 0 aromatic heterocycles. The molecule has 1 N–H and O–H groups in total. The van der Waals surface area contributed by atoms with E-state index in [0.29, 0.717) is 6.61 Å². The Kier molecular flexibility index (Phi) is 3.64. The van der Waals surface area contributed by atoms with Crippen molar-refractivity contribution >= 4 is 5.97 Å². The zero-order valence-electron chi connectivity index (χ0n) is 9.81. The van der Waals surface area contributed by atoms with Crippen molar-refractivity contribution in [1.82, 2.24) is 0 Å². The van der Waals surface area contributed by atoms with Crippen LogP contribution in [0, 0.1) is 6.92 Å². The van der Waals surface area contributed by atoms with Gasteiger partial charge in [-0.3, -0.25) is 0 Å². The third kappa shape index (κ3) is 2.97. The zero-order chi connectivity index (χ0) is 12.3. The van der Waals surface area contributed by atoms with Crippen molar-refractivity contribution in [2.24, 2.45) is 0 Å². The van der Waals surface area contributed by atoms with Crippen molar-refractivity contribution in [1.29, 1.82) is 0 Å². The predicted octanol–water partition coefficient (Wildman–Crippen LogP) is 2.25. The highest BCUT2D eigenvalue weighted by atomic mass is 16.5. The maximum atomic E-state index is 10.8. The molecule has 1 aromatic carbocycles. The third-order valence-corrected chi connectivity index (χ3v) is 2.83. The van der Waals surface area contributed by atoms with Gasteiger partial charge >= 0.3 is 5.97 Å². The normalized spacial score (nSPS) is 19.9. The van der Waals surface area contributed by atoms with Crippen molar-refractivity contribution in [2.75, 3.05) is 13.2 Å². The zero-order valence-corrected chi connectivity index (χ0v) is 9.81. The quantitative estimate of drug-likeness (QED) is 0.874. The van der Waals surface area contributed by atoms with Crippen LogP contribution in [0.4, 0.5) is 0 Å². The first kappa shape index (κ1) is 11.9. The van der Waals surface area contributed by atoms with Gasteiger partial charge in [0.05, 0.1) is 12.2 Å². The van der Waals surface area contributed by atoms with Crippen molar-refractivity contribution in [3.05, 3.63) is 29.3 Å². The van der Waals surface area contributed by atoms with Crippen LogP contribution in [0.5, 0.6) is 5.75 Å². The highest BCUT2D eigenvalue weighted by molar-refractivity contribution is 5.88. The summed E-state index contributed by atoms with van der Waals surface area (Å²) in [5.74, 6) is -0.175. The number of carbonyl (C=O) groups is 1. The second-order valence-electron chi connectivity index (χ2n) is 4.24. The van der Waals surface area contributed by atoms with E-state index in [0.717, 1.165) is 30.8 Å². The fourth-order valence-corrected chi connectivity index (χ4v) is 1.90. The van der Waals surface area contributed by atoms with Gasteiger partial charge < -0.3 is 14.6 Å². The molecule has 4 nitrogen and oxygen atoms in total. The monoisotopic (exact) mass is 236 g/mol. The van der Waals surface area contributed by atoms with Crippen molar-refractivity contribution in [3.63, 3.8) is 0 Å². The highest BCUT2D eigenvalue weighted by Gasteiger charge is 2.16. The number of ether oxygens (including phenoxy) is 2. The maximum Gasteiger partial charge on any atom is 0.335 e. The molecule has 4 heteroatoms. The predicted molar refractivity (Wildman–Crippen MR) is 62.6 cm³/mol. The van der Waals surface area contributed by atoms with Crippen LogP contribution in [0.15, 0.2) is 18.2 Å². The summed E-state index contributed by atoms with van der Waals surface area (Å²) in [4.78, 5) is 10.8. The van der Waals surface area contributed by atoms with Crippen LogP contribution in [0.3, 0.4) is 0 Å². The van der Waals surface area contributed by atoms with Gasteiger partial charge in [-0.05, 0) is 43.5 Å². The van der Waals surface area contributed by atoms with E-state index >= 15 is 0 Å². The van der Waals surface area contributed by atoms with Crippen molar-refractivity contribution in [3.8, 4) is 5.75 Å². The average molecular weight is 236 g/mol. The summed E-state index contributed by atoms with van der Waals surface area (Å²) in [6.07, 6.45) is 2.08. The number of benzene rings is 1. The number of hydrogen-bond donors (Lipinski definition) is 1. The Balaban J connectivity index is 2.08. The molecule has 1 heterocycles. The maximum absolute atomic E-state index is 10.8. The first-order valence-corrected chi connectivity index (χ1v) is 5.75. The smallest absolute Gasteiger partial charge is 0.335 e. The Morgan fingerprint density at radius 1 is 1.53 bits per heavy atom. The second kappa shape index (κ2) is 5.19. The molecule has 1 aromatic rings. The number of hydrogen-bond acceptors (Lipinski definition) is 3. The highest BCUT2D eigenvalue weighted by Crippen LogP contribution is 2.22. The Hall–Kier alpha value is -1.55. The van der Waals surface area contributed by atoms with Gasteiger partial charge in [0.2, 0.25) is 0 Å². The van der Waals surface area contributed by atoms with Crippen LogP contribution in [-0.2, 0) is 4.74 Å². The molecule has 1 fully saturated rings. The summed E-state index contributed by atoms with van der Waals surface area (Å²) >= 11 is 0. The van der Waals surface area contributed by atoms with Crippen molar-refractivity contribution < 1.29 is 19.4 Å². The Bertz CT molecular complexity index is 408. The molecule has 1 aliphatic rings. The molecule has 92 valence electrons. The van der Waals surface area contributed by atoms with Crippen LogP contribution in [0.25, 0.3) is 0 Å². The van der Waals surface area contributed by atoms with E-state index in [-0.39, 0.29) is 11.7 Å². The molecule has 1 atom stereocenters.